The lowest BCUT2D eigenvalue weighted by Gasteiger charge is -2.39. The van der Waals surface area contributed by atoms with E-state index < -0.39 is 30.7 Å². The molecule has 0 aromatic heterocycles. The zero-order valence-corrected chi connectivity index (χ0v) is 19.3. The lowest BCUT2D eigenvalue weighted by molar-refractivity contribution is 0.0943. The molecule has 3 rings (SSSR count). The first kappa shape index (κ1) is 24.0. The Kier molecular flexibility index (Phi) is 8.32. The van der Waals surface area contributed by atoms with Gasteiger partial charge in [-0.05, 0) is 75.6 Å². The molecule has 0 aliphatic carbocycles. The van der Waals surface area contributed by atoms with Crippen molar-refractivity contribution in [1.82, 2.24) is 26.2 Å². The van der Waals surface area contributed by atoms with Crippen molar-refractivity contribution in [3.05, 3.63) is 40.4 Å². The third-order valence-electron chi connectivity index (χ3n) is 5.13. The molecule has 0 bridgehead atoms. The number of fused-ring (bicyclic) bond motifs is 1. The van der Waals surface area contributed by atoms with Crippen LogP contribution in [0.25, 0.3) is 10.8 Å². The summed E-state index contributed by atoms with van der Waals surface area (Å²) in [6, 6.07) is 8.14. The van der Waals surface area contributed by atoms with Gasteiger partial charge in [-0.1, -0.05) is 29.3 Å². The first-order valence-corrected chi connectivity index (χ1v) is 11.0. The van der Waals surface area contributed by atoms with E-state index >= 15 is 0 Å². The molecule has 7 nitrogen and oxygen atoms in total. The van der Waals surface area contributed by atoms with Crippen LogP contribution in [-0.2, 0) is 0 Å². The molecule has 1 saturated heterocycles. The summed E-state index contributed by atoms with van der Waals surface area (Å²) in [6.07, 6.45) is -1.37. The predicted molar refractivity (Wildman–Crippen MR) is 126 cm³/mol. The number of carbonyl (C=O) groups is 1. The zero-order chi connectivity index (χ0) is 22.5. The fourth-order valence-corrected chi connectivity index (χ4v) is 3.83. The molecule has 0 spiro atoms. The van der Waals surface area contributed by atoms with Crippen LogP contribution in [0, 0.1) is 0 Å². The van der Waals surface area contributed by atoms with Crippen molar-refractivity contribution in [2.75, 3.05) is 32.5 Å². The molecule has 170 valence electrons. The second kappa shape index (κ2) is 10.8. The van der Waals surface area contributed by atoms with E-state index in [1.165, 1.54) is 0 Å². The number of urea groups is 1. The van der Waals surface area contributed by atoms with Crippen LogP contribution in [0.15, 0.2) is 30.3 Å². The van der Waals surface area contributed by atoms with E-state index in [1.54, 1.807) is 25.1 Å². The number of halogens is 3. The monoisotopic (exact) mass is 470 g/mol. The van der Waals surface area contributed by atoms with Crippen LogP contribution in [0.1, 0.15) is 13.3 Å². The van der Waals surface area contributed by atoms with Gasteiger partial charge in [0.05, 0.1) is 16.2 Å². The number of hydrogen-bond acceptors (Lipinski definition) is 5. The van der Waals surface area contributed by atoms with Crippen molar-refractivity contribution in [3.63, 3.8) is 0 Å². The number of nitrogens with one attached hydrogen (secondary N) is 5. The summed E-state index contributed by atoms with van der Waals surface area (Å²) in [6.45, 7) is 3.34. The van der Waals surface area contributed by atoms with E-state index in [0.29, 0.717) is 22.3 Å². The van der Waals surface area contributed by atoms with Gasteiger partial charge in [0, 0.05) is 11.7 Å². The Morgan fingerprint density at radius 2 is 1.84 bits per heavy atom. The lowest BCUT2D eigenvalue weighted by atomic mass is 10.1. The van der Waals surface area contributed by atoms with E-state index in [9.17, 15) is 9.18 Å². The molecule has 31 heavy (non-hydrogen) atoms. The molecule has 4 unspecified atom stereocenters. The number of alkyl halides is 1. The minimum atomic E-state index is -1.13. The molecule has 2 aromatic carbocycles. The molecular weight excluding hydrogens is 442 g/mol. The Balaban J connectivity index is 1.56. The molecule has 1 aliphatic heterocycles. The molecule has 1 heterocycles. The molecule has 2 aromatic rings. The highest BCUT2D eigenvalue weighted by molar-refractivity contribution is 6.42. The van der Waals surface area contributed by atoms with Gasteiger partial charge in [-0.15, -0.1) is 0 Å². The molecule has 4 atom stereocenters. The van der Waals surface area contributed by atoms with Gasteiger partial charge < -0.3 is 15.5 Å². The van der Waals surface area contributed by atoms with Crippen LogP contribution >= 0.6 is 23.2 Å². The van der Waals surface area contributed by atoms with Gasteiger partial charge in [-0.3, -0.25) is 16.0 Å². The van der Waals surface area contributed by atoms with Crippen LogP contribution in [-0.4, -0.2) is 62.8 Å². The van der Waals surface area contributed by atoms with E-state index in [-0.39, 0.29) is 0 Å². The number of anilines is 1. The SMILES string of the molecule is CC1NC(NC(=O)Nc2ccc3cc(Cl)c(Cl)cc3c2)NC(NCCCN(C)C)C1F. The van der Waals surface area contributed by atoms with Crippen LogP contribution in [0.3, 0.4) is 0 Å². The second-order valence-electron chi connectivity index (χ2n) is 8.01. The number of carbonyl (C=O) groups excluding carboxylic acids is 1. The summed E-state index contributed by atoms with van der Waals surface area (Å²) in [5, 5.41) is 17.6. The van der Waals surface area contributed by atoms with Gasteiger partial charge in [0.1, 0.15) is 12.5 Å². The summed E-state index contributed by atoms with van der Waals surface area (Å²) in [5.41, 5.74) is 0.606. The third kappa shape index (κ3) is 6.65. The molecule has 0 saturated carbocycles. The van der Waals surface area contributed by atoms with Crippen molar-refractivity contribution in [2.24, 2.45) is 0 Å². The Bertz CT molecular complexity index is 915. The number of nitrogens with zero attached hydrogens (tertiary/aromatic N) is 1. The molecule has 1 aliphatic rings. The van der Waals surface area contributed by atoms with E-state index in [1.807, 2.05) is 26.2 Å². The highest BCUT2D eigenvalue weighted by atomic mass is 35.5. The maximum Gasteiger partial charge on any atom is 0.321 e. The van der Waals surface area contributed by atoms with Gasteiger partial charge >= 0.3 is 6.03 Å². The third-order valence-corrected chi connectivity index (χ3v) is 5.85. The maximum absolute atomic E-state index is 14.5. The quantitative estimate of drug-likeness (QED) is 0.401. The minimum Gasteiger partial charge on any atom is -0.310 e. The zero-order valence-electron chi connectivity index (χ0n) is 17.8. The topological polar surface area (TPSA) is 80.5 Å². The molecular formula is C21H29Cl2FN6O. The average Bonchev–Trinajstić information content (AvgIpc) is 2.69. The van der Waals surface area contributed by atoms with Crippen LogP contribution in [0.2, 0.25) is 10.0 Å². The van der Waals surface area contributed by atoms with Crippen molar-refractivity contribution < 1.29 is 9.18 Å². The van der Waals surface area contributed by atoms with Gasteiger partial charge in [-0.2, -0.15) is 0 Å². The van der Waals surface area contributed by atoms with Gasteiger partial charge in [-0.25, -0.2) is 9.18 Å². The van der Waals surface area contributed by atoms with Crippen molar-refractivity contribution in [2.45, 2.75) is 38.0 Å². The van der Waals surface area contributed by atoms with Crippen molar-refractivity contribution in [1.29, 1.82) is 0 Å². The van der Waals surface area contributed by atoms with Gasteiger partial charge in [0.25, 0.3) is 0 Å². The number of hydrogen-bond donors (Lipinski definition) is 5. The van der Waals surface area contributed by atoms with Crippen LogP contribution < -0.4 is 26.6 Å². The fourth-order valence-electron chi connectivity index (χ4n) is 3.49. The summed E-state index contributed by atoms with van der Waals surface area (Å²) >= 11 is 12.1. The minimum absolute atomic E-state index is 0.416. The highest BCUT2D eigenvalue weighted by Gasteiger charge is 2.35. The maximum atomic E-state index is 14.5. The Labute approximate surface area is 192 Å². The van der Waals surface area contributed by atoms with Crippen LogP contribution in [0.5, 0.6) is 0 Å². The summed E-state index contributed by atoms with van der Waals surface area (Å²) in [7, 11) is 4.00. The summed E-state index contributed by atoms with van der Waals surface area (Å²) in [5.74, 6) is 0. The Morgan fingerprint density at radius 1 is 1.13 bits per heavy atom. The van der Waals surface area contributed by atoms with Crippen molar-refractivity contribution >= 4 is 45.7 Å². The second-order valence-corrected chi connectivity index (χ2v) is 8.83. The lowest BCUT2D eigenvalue weighted by Crippen LogP contribution is -2.72. The van der Waals surface area contributed by atoms with Gasteiger partial charge in [0.15, 0.2) is 0 Å². The molecule has 1 fully saturated rings. The first-order valence-electron chi connectivity index (χ1n) is 10.2. The normalized spacial score (nSPS) is 23.8. The fraction of sp³-hybridized carbons (Fsp3) is 0.476. The summed E-state index contributed by atoms with van der Waals surface area (Å²) < 4.78 is 14.5. The number of amides is 2. The van der Waals surface area contributed by atoms with E-state index in [0.717, 1.165) is 23.7 Å². The summed E-state index contributed by atoms with van der Waals surface area (Å²) in [4.78, 5) is 14.6. The van der Waals surface area contributed by atoms with Crippen LogP contribution in [0.4, 0.5) is 14.9 Å². The average molecular weight is 471 g/mol. The largest absolute Gasteiger partial charge is 0.321 e. The van der Waals surface area contributed by atoms with Crippen molar-refractivity contribution in [3.8, 4) is 0 Å². The highest BCUT2D eigenvalue weighted by Crippen LogP contribution is 2.29. The molecule has 2 amide bonds. The Hall–Kier alpha value is -1.68. The van der Waals surface area contributed by atoms with E-state index in [4.69, 9.17) is 23.2 Å². The van der Waals surface area contributed by atoms with E-state index in [2.05, 4.69) is 31.5 Å². The molecule has 0 radical (unpaired) electrons. The predicted octanol–water partition coefficient (Wildman–Crippen LogP) is 3.34. The molecule has 10 heteroatoms. The Morgan fingerprint density at radius 3 is 2.55 bits per heavy atom. The smallest absolute Gasteiger partial charge is 0.310 e. The number of rotatable bonds is 7. The molecule has 5 N–H and O–H groups in total. The number of benzene rings is 2. The first-order chi connectivity index (χ1) is 14.7. The van der Waals surface area contributed by atoms with Gasteiger partial charge in [0.2, 0.25) is 0 Å². The standard InChI is InChI=1S/C21H29Cl2FN6O/c1-12-18(24)19(25-7-4-8-30(2)3)28-20(26-12)29-21(31)27-15-6-5-13-10-16(22)17(23)11-14(13)9-15/h5-6,9-12,18-20,25-26,28H,4,7-8H2,1-3H3,(H2,27,29,31).